The maximum absolute atomic E-state index is 10.6. The first-order valence-corrected chi connectivity index (χ1v) is 3.21. The van der Waals surface area contributed by atoms with Crippen LogP contribution >= 0.6 is 15.9 Å². The number of primary amides is 1. The molecule has 0 unspecified atom stereocenters. The number of halogens is 1. The van der Waals surface area contributed by atoms with E-state index in [2.05, 4.69) is 26.1 Å². The van der Waals surface area contributed by atoms with E-state index in [9.17, 15) is 4.79 Å². The predicted octanol–water partition coefficient (Wildman–Crippen LogP) is -0.147. The van der Waals surface area contributed by atoms with Crippen molar-refractivity contribution in [1.82, 2.24) is 10.2 Å². The molecule has 10 heavy (non-hydrogen) atoms. The van der Waals surface area contributed by atoms with Crippen LogP contribution in [-0.4, -0.2) is 16.1 Å². The predicted molar refractivity (Wildman–Crippen MR) is 39.2 cm³/mol. The number of hydrogen-bond donors (Lipinski definition) is 3. The highest BCUT2D eigenvalue weighted by molar-refractivity contribution is 9.10. The molecule has 0 saturated carbocycles. The van der Waals surface area contributed by atoms with E-state index in [0.717, 1.165) is 0 Å². The Hall–Kier alpha value is -1.04. The molecule has 0 atom stereocenters. The molecule has 0 aliphatic rings. The Morgan fingerprint density at radius 3 is 2.50 bits per heavy atom. The zero-order valence-corrected chi connectivity index (χ0v) is 6.47. The van der Waals surface area contributed by atoms with Gasteiger partial charge in [-0.1, -0.05) is 0 Å². The number of anilines is 1. The molecule has 0 radical (unpaired) electrons. The molecule has 5 N–H and O–H groups in total. The van der Waals surface area contributed by atoms with Crippen molar-refractivity contribution in [3.05, 3.63) is 10.2 Å². The number of aromatic nitrogens is 2. The van der Waals surface area contributed by atoms with Crippen molar-refractivity contribution in [3.63, 3.8) is 0 Å². The van der Waals surface area contributed by atoms with Crippen LogP contribution in [-0.2, 0) is 0 Å². The normalized spacial score (nSPS) is 9.70. The summed E-state index contributed by atoms with van der Waals surface area (Å²) in [6.07, 6.45) is 0. The Balaban J connectivity index is 3.23. The minimum Gasteiger partial charge on any atom is -0.382 e. The molecule has 0 spiro atoms. The summed E-state index contributed by atoms with van der Waals surface area (Å²) < 4.78 is 0.414. The van der Waals surface area contributed by atoms with Gasteiger partial charge in [-0.2, -0.15) is 5.10 Å². The molecule has 0 fully saturated rings. The number of carbonyl (C=O) groups excluding carboxylic acids is 1. The van der Waals surface area contributed by atoms with Gasteiger partial charge in [-0.05, 0) is 15.9 Å². The lowest BCUT2D eigenvalue weighted by molar-refractivity contribution is 0.100. The first kappa shape index (κ1) is 7.07. The quantitative estimate of drug-likeness (QED) is 0.594. The summed E-state index contributed by atoms with van der Waals surface area (Å²) in [7, 11) is 0. The van der Waals surface area contributed by atoms with Crippen LogP contribution in [0.1, 0.15) is 10.4 Å². The van der Waals surface area contributed by atoms with Gasteiger partial charge >= 0.3 is 0 Å². The van der Waals surface area contributed by atoms with Crippen molar-refractivity contribution in [3.8, 4) is 0 Å². The summed E-state index contributed by atoms with van der Waals surface area (Å²) in [6, 6.07) is 0. The van der Waals surface area contributed by atoms with Gasteiger partial charge in [-0.15, -0.1) is 0 Å². The highest BCUT2D eigenvalue weighted by Gasteiger charge is 2.12. The summed E-state index contributed by atoms with van der Waals surface area (Å²) in [5.74, 6) is -0.488. The average molecular weight is 205 g/mol. The maximum Gasteiger partial charge on any atom is 0.255 e. The number of nitrogens with zero attached hydrogens (tertiary/aromatic N) is 1. The molecule has 6 heteroatoms. The number of rotatable bonds is 1. The lowest BCUT2D eigenvalue weighted by atomic mass is 10.3. The number of carbonyl (C=O) groups is 1. The third-order valence-electron chi connectivity index (χ3n) is 0.997. The second-order valence-electron chi connectivity index (χ2n) is 1.66. The van der Waals surface area contributed by atoms with E-state index >= 15 is 0 Å². The third-order valence-corrected chi connectivity index (χ3v) is 1.57. The zero-order valence-electron chi connectivity index (χ0n) is 4.89. The van der Waals surface area contributed by atoms with E-state index < -0.39 is 5.91 Å². The number of hydrogen-bond acceptors (Lipinski definition) is 3. The van der Waals surface area contributed by atoms with E-state index in [1.165, 1.54) is 0 Å². The second-order valence-corrected chi connectivity index (χ2v) is 2.46. The van der Waals surface area contributed by atoms with Gasteiger partial charge < -0.3 is 11.5 Å². The van der Waals surface area contributed by atoms with Gasteiger partial charge in [0.2, 0.25) is 0 Å². The van der Waals surface area contributed by atoms with E-state index in [-0.39, 0.29) is 11.4 Å². The molecule has 0 aliphatic carbocycles. The van der Waals surface area contributed by atoms with Crippen LogP contribution in [0, 0.1) is 0 Å². The molecular weight excluding hydrogens is 200 g/mol. The number of nitrogen functional groups attached to an aromatic ring is 1. The maximum atomic E-state index is 10.6. The molecular formula is C4H5BrN4O. The van der Waals surface area contributed by atoms with E-state index in [1.807, 2.05) is 0 Å². The van der Waals surface area contributed by atoms with Crippen molar-refractivity contribution in [1.29, 1.82) is 0 Å². The van der Waals surface area contributed by atoms with Crippen molar-refractivity contribution >= 4 is 27.7 Å². The van der Waals surface area contributed by atoms with E-state index in [0.29, 0.717) is 4.60 Å². The second kappa shape index (κ2) is 2.30. The van der Waals surface area contributed by atoms with Gasteiger partial charge in [0.1, 0.15) is 10.2 Å². The lowest BCUT2D eigenvalue weighted by Crippen LogP contribution is -2.12. The minimum atomic E-state index is -0.599. The van der Waals surface area contributed by atoms with Crippen LogP contribution in [0.25, 0.3) is 0 Å². The number of nitrogens with two attached hydrogens (primary N) is 2. The van der Waals surface area contributed by atoms with E-state index in [4.69, 9.17) is 11.5 Å². The average Bonchev–Trinajstić information content (AvgIpc) is 2.11. The Morgan fingerprint density at radius 1 is 1.70 bits per heavy atom. The van der Waals surface area contributed by atoms with Crippen molar-refractivity contribution < 1.29 is 4.79 Å². The standard InChI is InChI=1S/C4H5BrN4O/c5-2-1(4(7)10)3(6)9-8-2/h(H2,7,10)(H3,6,8,9). The van der Waals surface area contributed by atoms with Crippen molar-refractivity contribution in [2.45, 2.75) is 0 Å². The number of nitrogens with one attached hydrogen (secondary N) is 1. The van der Waals surface area contributed by atoms with Crippen LogP contribution in [0.3, 0.4) is 0 Å². The number of amides is 1. The zero-order chi connectivity index (χ0) is 7.72. The molecule has 54 valence electrons. The van der Waals surface area contributed by atoms with Gasteiger partial charge in [-0.25, -0.2) is 0 Å². The Bertz CT molecular complexity index is 249. The lowest BCUT2D eigenvalue weighted by Gasteiger charge is -1.89. The Labute approximate surface area is 64.9 Å². The van der Waals surface area contributed by atoms with Crippen LogP contribution in [0.5, 0.6) is 0 Å². The van der Waals surface area contributed by atoms with Gasteiger partial charge in [0.15, 0.2) is 5.82 Å². The monoisotopic (exact) mass is 204 g/mol. The molecule has 1 heterocycles. The molecule has 0 aliphatic heterocycles. The topological polar surface area (TPSA) is 97.8 Å². The first-order chi connectivity index (χ1) is 4.63. The fourth-order valence-corrected chi connectivity index (χ4v) is 1.06. The fourth-order valence-electron chi connectivity index (χ4n) is 0.568. The molecule has 0 saturated heterocycles. The highest BCUT2D eigenvalue weighted by Crippen LogP contribution is 2.17. The fraction of sp³-hybridized carbons (Fsp3) is 0. The molecule has 0 aromatic carbocycles. The molecule has 1 rings (SSSR count). The molecule has 0 bridgehead atoms. The van der Waals surface area contributed by atoms with Gasteiger partial charge in [0.25, 0.3) is 5.91 Å². The van der Waals surface area contributed by atoms with Gasteiger partial charge in [0, 0.05) is 0 Å². The summed E-state index contributed by atoms with van der Waals surface area (Å²) in [5.41, 5.74) is 10.4. The minimum absolute atomic E-state index is 0.111. The molecule has 1 amide bonds. The summed E-state index contributed by atoms with van der Waals surface area (Å²) in [4.78, 5) is 10.6. The SMILES string of the molecule is NC(=O)c1c(N)n[nH]c1Br. The van der Waals surface area contributed by atoms with E-state index in [1.54, 1.807) is 0 Å². The van der Waals surface area contributed by atoms with Crippen molar-refractivity contribution in [2.75, 3.05) is 5.73 Å². The van der Waals surface area contributed by atoms with Crippen LogP contribution in [0.15, 0.2) is 4.60 Å². The Kier molecular flexibility index (Phi) is 1.62. The van der Waals surface area contributed by atoms with Gasteiger partial charge in [-0.3, -0.25) is 9.89 Å². The smallest absolute Gasteiger partial charge is 0.255 e. The van der Waals surface area contributed by atoms with Crippen LogP contribution in [0.2, 0.25) is 0 Å². The largest absolute Gasteiger partial charge is 0.382 e. The number of aromatic amines is 1. The molecule has 1 aromatic rings. The number of H-pyrrole nitrogens is 1. The first-order valence-electron chi connectivity index (χ1n) is 2.42. The summed E-state index contributed by atoms with van der Waals surface area (Å²) in [5, 5.41) is 6.00. The molecule has 1 aromatic heterocycles. The van der Waals surface area contributed by atoms with Crippen LogP contribution < -0.4 is 11.5 Å². The summed E-state index contributed by atoms with van der Waals surface area (Å²) >= 11 is 3.02. The highest BCUT2D eigenvalue weighted by atomic mass is 79.9. The Morgan fingerprint density at radius 2 is 2.30 bits per heavy atom. The van der Waals surface area contributed by atoms with Gasteiger partial charge in [0.05, 0.1) is 0 Å². The summed E-state index contributed by atoms with van der Waals surface area (Å²) in [6.45, 7) is 0. The molecule has 5 nitrogen and oxygen atoms in total. The van der Waals surface area contributed by atoms with Crippen LogP contribution in [0.4, 0.5) is 5.82 Å². The third kappa shape index (κ3) is 0.971. The van der Waals surface area contributed by atoms with Crippen molar-refractivity contribution in [2.24, 2.45) is 5.73 Å².